The van der Waals surface area contributed by atoms with E-state index in [4.69, 9.17) is 0 Å². The molecule has 0 atom stereocenters. The number of aromatic amines is 2. The lowest BCUT2D eigenvalue weighted by Gasteiger charge is -2.20. The van der Waals surface area contributed by atoms with Gasteiger partial charge in [0.25, 0.3) is 15.9 Å². The van der Waals surface area contributed by atoms with Crippen molar-refractivity contribution in [3.63, 3.8) is 0 Å². The van der Waals surface area contributed by atoms with Crippen LogP contribution < -0.4 is 15.3 Å². The van der Waals surface area contributed by atoms with Crippen molar-refractivity contribution < 1.29 is 13.2 Å². The molecular weight excluding hydrogens is 416 g/mol. The Bertz CT molecular complexity index is 1420. The smallest absolute Gasteiger partial charge is 0.322 e. The fourth-order valence-corrected chi connectivity index (χ4v) is 4.34. The first-order valence-electron chi connectivity index (χ1n) is 9.43. The van der Waals surface area contributed by atoms with Crippen molar-refractivity contribution in [2.75, 3.05) is 16.7 Å². The van der Waals surface area contributed by atoms with Crippen LogP contribution >= 0.6 is 0 Å². The average Bonchev–Trinajstić information content (AvgIpc) is 3.13. The summed E-state index contributed by atoms with van der Waals surface area (Å²) in [4.78, 5) is 29.4. The van der Waals surface area contributed by atoms with Gasteiger partial charge in [-0.3, -0.25) is 9.10 Å². The van der Waals surface area contributed by atoms with E-state index in [0.717, 1.165) is 5.56 Å². The maximum Gasteiger partial charge on any atom is 0.323 e. The van der Waals surface area contributed by atoms with Crippen LogP contribution in [0.2, 0.25) is 0 Å². The number of hydrogen-bond donors (Lipinski definition) is 3. The molecule has 0 fully saturated rings. The van der Waals surface area contributed by atoms with Crippen molar-refractivity contribution in [2.24, 2.45) is 0 Å². The minimum atomic E-state index is -3.71. The fourth-order valence-electron chi connectivity index (χ4n) is 3.14. The van der Waals surface area contributed by atoms with Crippen LogP contribution in [0.15, 0.2) is 76.4 Å². The Morgan fingerprint density at radius 2 is 1.55 bits per heavy atom. The number of amides is 1. The SMILES string of the molecule is Cc1ccc(S(=O)(=O)N(C)c2ccc(C(=O)Nc3ccc4[nH]c(=O)[nH]c4c3)cc2)cc1. The molecule has 0 unspecified atom stereocenters. The number of benzene rings is 3. The molecule has 1 amide bonds. The molecule has 0 aliphatic rings. The van der Waals surface area contributed by atoms with Crippen LogP contribution in [0, 0.1) is 6.92 Å². The number of fused-ring (bicyclic) bond motifs is 1. The molecular formula is C22H20N4O4S. The van der Waals surface area contributed by atoms with Crippen LogP contribution in [0.25, 0.3) is 11.0 Å². The van der Waals surface area contributed by atoms with Gasteiger partial charge < -0.3 is 15.3 Å². The number of nitrogens with zero attached hydrogens (tertiary/aromatic N) is 1. The average molecular weight is 436 g/mol. The summed E-state index contributed by atoms with van der Waals surface area (Å²) in [7, 11) is -2.24. The molecule has 0 saturated carbocycles. The van der Waals surface area contributed by atoms with E-state index in [1.165, 1.54) is 11.4 Å². The number of carbonyl (C=O) groups excluding carboxylic acids is 1. The molecule has 0 radical (unpaired) electrons. The number of carbonyl (C=O) groups is 1. The maximum absolute atomic E-state index is 12.8. The largest absolute Gasteiger partial charge is 0.323 e. The zero-order valence-electron chi connectivity index (χ0n) is 16.8. The van der Waals surface area contributed by atoms with Crippen LogP contribution in [-0.2, 0) is 10.0 Å². The van der Waals surface area contributed by atoms with E-state index >= 15 is 0 Å². The van der Waals surface area contributed by atoms with Gasteiger partial charge in [-0.2, -0.15) is 0 Å². The highest BCUT2D eigenvalue weighted by Crippen LogP contribution is 2.23. The van der Waals surface area contributed by atoms with Crippen molar-refractivity contribution in [1.29, 1.82) is 0 Å². The first-order valence-corrected chi connectivity index (χ1v) is 10.9. The van der Waals surface area contributed by atoms with Crippen LogP contribution in [0.1, 0.15) is 15.9 Å². The molecule has 9 heteroatoms. The van der Waals surface area contributed by atoms with E-state index in [1.54, 1.807) is 66.7 Å². The van der Waals surface area contributed by atoms with Crippen molar-refractivity contribution in [1.82, 2.24) is 9.97 Å². The number of nitrogens with one attached hydrogen (secondary N) is 3. The summed E-state index contributed by atoms with van der Waals surface area (Å²) in [6.45, 7) is 1.89. The van der Waals surface area contributed by atoms with E-state index in [1.807, 2.05) is 6.92 Å². The monoisotopic (exact) mass is 436 g/mol. The number of anilines is 2. The van der Waals surface area contributed by atoms with Gasteiger partial charge in [0.2, 0.25) is 0 Å². The molecule has 1 aromatic heterocycles. The van der Waals surface area contributed by atoms with Gasteiger partial charge in [-0.15, -0.1) is 0 Å². The van der Waals surface area contributed by atoms with Gasteiger partial charge in [0.1, 0.15) is 0 Å². The normalized spacial score (nSPS) is 11.4. The summed E-state index contributed by atoms with van der Waals surface area (Å²) in [5.41, 5.74) is 3.20. The van der Waals surface area contributed by atoms with Crippen LogP contribution in [0.5, 0.6) is 0 Å². The van der Waals surface area contributed by atoms with Crippen molar-refractivity contribution >= 4 is 38.3 Å². The molecule has 4 aromatic rings. The molecule has 0 aliphatic heterocycles. The third-order valence-electron chi connectivity index (χ3n) is 4.95. The van der Waals surface area contributed by atoms with Gasteiger partial charge in [-0.05, 0) is 61.5 Å². The Balaban J connectivity index is 1.51. The molecule has 0 bridgehead atoms. The summed E-state index contributed by atoms with van der Waals surface area (Å²) >= 11 is 0. The van der Waals surface area contributed by atoms with Crippen molar-refractivity contribution in [3.05, 3.63) is 88.3 Å². The Labute approximate surface area is 178 Å². The maximum atomic E-state index is 12.8. The van der Waals surface area contributed by atoms with Gasteiger partial charge >= 0.3 is 5.69 Å². The molecule has 3 aromatic carbocycles. The van der Waals surface area contributed by atoms with E-state index < -0.39 is 10.0 Å². The number of imidazole rings is 1. The Morgan fingerprint density at radius 3 is 2.23 bits per heavy atom. The number of aryl methyl sites for hydroxylation is 1. The number of hydrogen-bond acceptors (Lipinski definition) is 4. The Morgan fingerprint density at radius 1 is 0.903 bits per heavy atom. The fraction of sp³-hybridized carbons (Fsp3) is 0.0909. The van der Waals surface area contributed by atoms with Crippen LogP contribution in [0.3, 0.4) is 0 Å². The predicted molar refractivity (Wildman–Crippen MR) is 120 cm³/mol. The summed E-state index contributed by atoms with van der Waals surface area (Å²) in [5, 5.41) is 2.76. The second kappa shape index (κ2) is 7.77. The Hall–Kier alpha value is -3.85. The zero-order chi connectivity index (χ0) is 22.2. The lowest BCUT2D eigenvalue weighted by molar-refractivity contribution is 0.102. The second-order valence-electron chi connectivity index (χ2n) is 7.13. The predicted octanol–water partition coefficient (Wildman–Crippen LogP) is 3.24. The molecule has 0 spiro atoms. The van der Waals surface area contributed by atoms with Gasteiger partial charge in [-0.1, -0.05) is 17.7 Å². The van der Waals surface area contributed by atoms with E-state index in [2.05, 4.69) is 15.3 Å². The molecule has 0 aliphatic carbocycles. The lowest BCUT2D eigenvalue weighted by Crippen LogP contribution is -2.26. The summed E-state index contributed by atoms with van der Waals surface area (Å²) in [5.74, 6) is -0.354. The number of aromatic nitrogens is 2. The molecule has 1 heterocycles. The molecule has 0 saturated heterocycles. The van der Waals surface area contributed by atoms with Gasteiger partial charge in [0, 0.05) is 18.3 Å². The van der Waals surface area contributed by atoms with Crippen LogP contribution in [-0.4, -0.2) is 31.3 Å². The van der Waals surface area contributed by atoms with Gasteiger partial charge in [0.05, 0.1) is 21.6 Å². The molecule has 158 valence electrons. The van der Waals surface area contributed by atoms with Crippen molar-refractivity contribution in [2.45, 2.75) is 11.8 Å². The lowest BCUT2D eigenvalue weighted by atomic mass is 10.2. The highest BCUT2D eigenvalue weighted by Gasteiger charge is 2.21. The molecule has 8 nitrogen and oxygen atoms in total. The van der Waals surface area contributed by atoms with Gasteiger partial charge in [0.15, 0.2) is 0 Å². The third-order valence-corrected chi connectivity index (χ3v) is 6.75. The number of rotatable bonds is 5. The summed E-state index contributed by atoms with van der Waals surface area (Å²) in [6.07, 6.45) is 0. The number of sulfonamides is 1. The standard InChI is InChI=1S/C22H20N4O4S/c1-14-3-10-18(11-4-14)31(29,30)26(2)17-8-5-15(6-9-17)21(27)23-16-7-12-19-20(13-16)25-22(28)24-19/h3-13H,1-2H3,(H,23,27)(H2,24,25,28). The number of H-pyrrole nitrogens is 2. The molecule has 3 N–H and O–H groups in total. The zero-order valence-corrected chi connectivity index (χ0v) is 17.7. The van der Waals surface area contributed by atoms with Crippen molar-refractivity contribution in [3.8, 4) is 0 Å². The first-order chi connectivity index (χ1) is 14.7. The minimum absolute atomic E-state index is 0.195. The highest BCUT2D eigenvalue weighted by atomic mass is 32.2. The first kappa shape index (κ1) is 20.4. The molecule has 31 heavy (non-hydrogen) atoms. The van der Waals surface area contributed by atoms with E-state index in [0.29, 0.717) is 28.0 Å². The van der Waals surface area contributed by atoms with Crippen LogP contribution in [0.4, 0.5) is 11.4 Å². The summed E-state index contributed by atoms with van der Waals surface area (Å²) in [6, 6.07) is 17.9. The minimum Gasteiger partial charge on any atom is -0.322 e. The van der Waals surface area contributed by atoms with Gasteiger partial charge in [-0.25, -0.2) is 13.2 Å². The quantitative estimate of drug-likeness (QED) is 0.445. The Kier molecular flexibility index (Phi) is 5.12. The van der Waals surface area contributed by atoms with E-state index in [9.17, 15) is 18.0 Å². The highest BCUT2D eigenvalue weighted by molar-refractivity contribution is 7.92. The second-order valence-corrected chi connectivity index (χ2v) is 9.10. The van der Waals surface area contributed by atoms with E-state index in [-0.39, 0.29) is 16.5 Å². The topological polar surface area (TPSA) is 115 Å². The summed E-state index contributed by atoms with van der Waals surface area (Å²) < 4.78 is 26.8. The molecule has 4 rings (SSSR count). The third kappa shape index (κ3) is 4.08.